The molecule has 1 saturated carbocycles. The van der Waals surface area contributed by atoms with Gasteiger partial charge in [0.1, 0.15) is 11.7 Å². The van der Waals surface area contributed by atoms with E-state index in [9.17, 15) is 27.2 Å². The number of pyridine rings is 1. The molecule has 0 bridgehead atoms. The second-order valence-electron chi connectivity index (χ2n) is 10.5. The van der Waals surface area contributed by atoms with Gasteiger partial charge < -0.3 is 15.0 Å². The van der Waals surface area contributed by atoms with Crippen molar-refractivity contribution < 1.29 is 31.9 Å². The van der Waals surface area contributed by atoms with Gasteiger partial charge in [-0.2, -0.15) is 18.3 Å². The highest BCUT2D eigenvalue weighted by molar-refractivity contribution is 5.94. The lowest BCUT2D eigenvalue weighted by Gasteiger charge is -2.41. The van der Waals surface area contributed by atoms with E-state index in [1.165, 1.54) is 31.2 Å². The number of rotatable bonds is 5. The van der Waals surface area contributed by atoms with Crippen LogP contribution in [0.4, 0.5) is 17.6 Å². The molecule has 5 rings (SSSR count). The van der Waals surface area contributed by atoms with E-state index in [-0.39, 0.29) is 66.0 Å². The van der Waals surface area contributed by atoms with Gasteiger partial charge in [0.05, 0.1) is 19.0 Å². The molecular formula is C25H30F4N6O3. The Hall–Kier alpha value is -3.22. The van der Waals surface area contributed by atoms with Gasteiger partial charge in [-0.1, -0.05) is 0 Å². The van der Waals surface area contributed by atoms with E-state index in [2.05, 4.69) is 20.5 Å². The first-order chi connectivity index (χ1) is 18.0. The number of hydrogen-bond donors (Lipinski definition) is 2. The highest BCUT2D eigenvalue weighted by Crippen LogP contribution is 2.50. The Labute approximate surface area is 216 Å². The van der Waals surface area contributed by atoms with E-state index < -0.39 is 23.6 Å². The van der Waals surface area contributed by atoms with Crippen LogP contribution in [0.1, 0.15) is 49.0 Å². The molecule has 3 atom stereocenters. The molecule has 2 aliphatic heterocycles. The van der Waals surface area contributed by atoms with Crippen LogP contribution < -0.4 is 10.1 Å². The summed E-state index contributed by atoms with van der Waals surface area (Å²) in [5, 5.41) is 9.76. The number of hydrogen-bond acceptors (Lipinski definition) is 6. The van der Waals surface area contributed by atoms with Crippen molar-refractivity contribution in [1.82, 2.24) is 30.3 Å². The number of nitrogens with one attached hydrogen (secondary N) is 2. The van der Waals surface area contributed by atoms with E-state index >= 15 is 0 Å². The first kappa shape index (κ1) is 26.4. The number of halogens is 4. The fourth-order valence-electron chi connectivity index (χ4n) is 5.79. The zero-order valence-electron chi connectivity index (χ0n) is 21.1. The molecule has 2 aromatic rings. The number of amides is 2. The summed E-state index contributed by atoms with van der Waals surface area (Å²) >= 11 is 0. The smallest absolute Gasteiger partial charge is 0.404 e. The molecule has 3 aliphatic rings. The number of alkyl halides is 3. The molecule has 2 saturated heterocycles. The summed E-state index contributed by atoms with van der Waals surface area (Å²) in [6.07, 6.45) is -0.563. The van der Waals surface area contributed by atoms with Crippen molar-refractivity contribution in [3.8, 4) is 17.1 Å². The summed E-state index contributed by atoms with van der Waals surface area (Å²) in [5.74, 6) is -1.14. The van der Waals surface area contributed by atoms with E-state index in [1.54, 1.807) is 4.90 Å². The first-order valence-corrected chi connectivity index (χ1v) is 12.7. The van der Waals surface area contributed by atoms with Crippen LogP contribution in [0.15, 0.2) is 18.3 Å². The molecular weight excluding hydrogens is 508 g/mol. The largest absolute Gasteiger partial charge is 0.481 e. The molecule has 4 heterocycles. The second-order valence-corrected chi connectivity index (χ2v) is 10.5. The van der Waals surface area contributed by atoms with Crippen molar-refractivity contribution in [3.63, 3.8) is 0 Å². The minimum atomic E-state index is -4.28. The third-order valence-corrected chi connectivity index (χ3v) is 8.02. The molecule has 3 fully saturated rings. The normalized spacial score (nSPS) is 25.3. The number of likely N-dealkylation sites (N-methyl/N-ethyl adjacent to an activating group) is 1. The van der Waals surface area contributed by atoms with Gasteiger partial charge in [-0.3, -0.25) is 19.6 Å². The molecule has 9 nitrogen and oxygen atoms in total. The van der Waals surface area contributed by atoms with Gasteiger partial charge in [0, 0.05) is 42.2 Å². The third kappa shape index (κ3) is 5.07. The summed E-state index contributed by atoms with van der Waals surface area (Å²) < 4.78 is 58.8. The summed E-state index contributed by atoms with van der Waals surface area (Å²) in [6.45, 7) is 0.508. The van der Waals surface area contributed by atoms with Crippen molar-refractivity contribution in [1.29, 1.82) is 0 Å². The molecule has 1 aliphatic carbocycles. The fourth-order valence-corrected chi connectivity index (χ4v) is 5.79. The van der Waals surface area contributed by atoms with Crippen molar-refractivity contribution in [2.24, 2.45) is 5.92 Å². The van der Waals surface area contributed by atoms with Gasteiger partial charge in [0.2, 0.25) is 11.8 Å². The predicted molar refractivity (Wildman–Crippen MR) is 128 cm³/mol. The topological polar surface area (TPSA) is 103 Å². The van der Waals surface area contributed by atoms with Crippen LogP contribution in [0.5, 0.6) is 5.88 Å². The molecule has 206 valence electrons. The number of nitrogens with zero attached hydrogens (tertiary/aromatic N) is 4. The van der Waals surface area contributed by atoms with Crippen LogP contribution in [0, 0.1) is 11.7 Å². The Kier molecular flexibility index (Phi) is 6.82. The lowest BCUT2D eigenvalue weighted by molar-refractivity contribution is -0.188. The molecule has 2 N–H and O–H groups in total. The van der Waals surface area contributed by atoms with Crippen molar-refractivity contribution in [2.75, 3.05) is 27.2 Å². The summed E-state index contributed by atoms with van der Waals surface area (Å²) in [7, 11) is 2.85. The van der Waals surface area contributed by atoms with E-state index in [0.717, 1.165) is 19.0 Å². The number of likely N-dealkylation sites (tertiary alicyclic amines) is 2. The molecule has 38 heavy (non-hydrogen) atoms. The van der Waals surface area contributed by atoms with E-state index in [0.29, 0.717) is 19.4 Å². The highest BCUT2D eigenvalue weighted by atomic mass is 19.4. The third-order valence-electron chi connectivity index (χ3n) is 8.02. The van der Waals surface area contributed by atoms with Crippen LogP contribution in [0.2, 0.25) is 0 Å². The molecule has 2 aromatic heterocycles. The number of carbonyl (C=O) groups is 2. The number of H-pyrrole nitrogens is 1. The second kappa shape index (κ2) is 9.83. The summed E-state index contributed by atoms with van der Waals surface area (Å²) in [6, 6.07) is 1.07. The van der Waals surface area contributed by atoms with Gasteiger partial charge in [-0.25, -0.2) is 9.37 Å². The molecule has 1 spiro atoms. The SMILES string of the molecule is COc1cc(-c2cc(C(=O)N3CC[C@@H](C(=O)NC4CC[C@H](C(F)(F)F)N(C)C4)CC34CC4)[nH]n2)c(F)cn1. The predicted octanol–water partition coefficient (Wildman–Crippen LogP) is 3.15. The Balaban J connectivity index is 1.21. The first-order valence-electron chi connectivity index (χ1n) is 12.7. The number of methoxy groups -OCH3 is 1. The minimum absolute atomic E-state index is 0.0514. The molecule has 2 amide bonds. The van der Waals surface area contributed by atoms with Gasteiger partial charge in [0.25, 0.3) is 5.91 Å². The monoisotopic (exact) mass is 538 g/mol. The van der Waals surface area contributed by atoms with Crippen LogP contribution >= 0.6 is 0 Å². The van der Waals surface area contributed by atoms with Crippen LogP contribution in [-0.4, -0.2) is 87.8 Å². The number of piperidine rings is 2. The number of ether oxygens (including phenoxy) is 1. The maximum Gasteiger partial charge on any atom is 0.404 e. The number of aromatic amines is 1. The quantitative estimate of drug-likeness (QED) is 0.567. The van der Waals surface area contributed by atoms with Crippen LogP contribution in [-0.2, 0) is 4.79 Å². The maximum atomic E-state index is 14.3. The molecule has 0 radical (unpaired) electrons. The Morgan fingerprint density at radius 3 is 2.63 bits per heavy atom. The lowest BCUT2D eigenvalue weighted by Crippen LogP contribution is -2.56. The minimum Gasteiger partial charge on any atom is -0.481 e. The summed E-state index contributed by atoms with van der Waals surface area (Å²) in [4.78, 5) is 33.2. The number of carbonyl (C=O) groups excluding carboxylic acids is 2. The lowest BCUT2D eigenvalue weighted by atomic mass is 9.87. The fraction of sp³-hybridized carbons (Fsp3) is 0.600. The molecule has 1 unspecified atom stereocenters. The zero-order chi connectivity index (χ0) is 27.2. The van der Waals surface area contributed by atoms with Gasteiger partial charge in [-0.15, -0.1) is 0 Å². The van der Waals surface area contributed by atoms with Gasteiger partial charge >= 0.3 is 6.18 Å². The molecule has 13 heteroatoms. The van der Waals surface area contributed by atoms with Crippen LogP contribution in [0.25, 0.3) is 11.3 Å². The Morgan fingerprint density at radius 1 is 1.21 bits per heavy atom. The number of aromatic nitrogens is 3. The zero-order valence-corrected chi connectivity index (χ0v) is 21.1. The average molecular weight is 539 g/mol. The molecule has 0 aromatic carbocycles. The van der Waals surface area contributed by atoms with Crippen LogP contribution in [0.3, 0.4) is 0 Å². The van der Waals surface area contributed by atoms with Gasteiger partial charge in [-0.05, 0) is 51.6 Å². The average Bonchev–Trinajstić information content (AvgIpc) is 3.44. The Morgan fingerprint density at radius 2 is 1.97 bits per heavy atom. The highest BCUT2D eigenvalue weighted by Gasteiger charge is 2.55. The summed E-state index contributed by atoms with van der Waals surface area (Å²) in [5.41, 5.74) is 0.182. The van der Waals surface area contributed by atoms with Gasteiger partial charge in [0.15, 0.2) is 5.82 Å². The van der Waals surface area contributed by atoms with E-state index in [4.69, 9.17) is 4.74 Å². The standard InChI is InChI=1S/C25H30F4N6O3/c1-34-13-15(3-4-20(34)25(27,28)29)31-22(36)14-5-8-35(24(11-14)6-7-24)23(37)19-10-18(32-33-19)16-9-21(38-2)30-12-17(16)26/h9-10,12,14-15,20H,3-8,11,13H2,1-2H3,(H,31,36)(H,32,33)/t14-,15?,20-/m1/s1. The Bertz CT molecular complexity index is 1210. The van der Waals surface area contributed by atoms with Crippen molar-refractivity contribution >= 4 is 11.8 Å². The van der Waals surface area contributed by atoms with Crippen molar-refractivity contribution in [2.45, 2.75) is 62.3 Å². The van der Waals surface area contributed by atoms with Crippen molar-refractivity contribution in [3.05, 3.63) is 29.8 Å². The van der Waals surface area contributed by atoms with E-state index in [1.807, 2.05) is 0 Å². The maximum absolute atomic E-state index is 14.3.